The fourth-order valence-corrected chi connectivity index (χ4v) is 4.65. The SMILES string of the molecule is O=c1cc(-c2ccccc2)oc2c(-c3c(O)c(O)c(O)c4c(=O)cc(-c5ccccc5)oc34)c(O)c(O)c(O)c12. The number of fused-ring (bicyclic) bond motifs is 2. The Balaban J connectivity index is 1.83. The Bertz CT molecular complexity index is 1940. The van der Waals surface area contributed by atoms with Crippen LogP contribution in [-0.4, -0.2) is 30.6 Å². The topological polar surface area (TPSA) is 182 Å². The van der Waals surface area contributed by atoms with Crippen LogP contribution < -0.4 is 10.9 Å². The summed E-state index contributed by atoms with van der Waals surface area (Å²) in [5, 5.41) is 63.2. The molecule has 6 aromatic rings. The van der Waals surface area contributed by atoms with Gasteiger partial charge in [0, 0.05) is 23.3 Å². The van der Waals surface area contributed by atoms with Gasteiger partial charge in [-0.3, -0.25) is 9.59 Å². The summed E-state index contributed by atoms with van der Waals surface area (Å²) in [6, 6.07) is 18.9. The smallest absolute Gasteiger partial charge is 0.202 e. The van der Waals surface area contributed by atoms with Gasteiger partial charge in [0.2, 0.25) is 11.5 Å². The van der Waals surface area contributed by atoms with Crippen LogP contribution in [0.4, 0.5) is 0 Å². The third-order valence-electron chi connectivity index (χ3n) is 6.56. The molecule has 6 N–H and O–H groups in total. The van der Waals surface area contributed by atoms with Gasteiger partial charge in [-0.2, -0.15) is 0 Å². The van der Waals surface area contributed by atoms with E-state index < -0.39 is 78.4 Å². The molecule has 198 valence electrons. The second kappa shape index (κ2) is 8.84. The van der Waals surface area contributed by atoms with E-state index >= 15 is 0 Å². The Morgan fingerprint density at radius 3 is 1.15 bits per heavy atom. The molecule has 10 heteroatoms. The van der Waals surface area contributed by atoms with Crippen molar-refractivity contribution in [2.45, 2.75) is 0 Å². The fourth-order valence-electron chi connectivity index (χ4n) is 4.65. The molecule has 4 aromatic carbocycles. The normalized spacial score (nSPS) is 11.3. The minimum atomic E-state index is -1.14. The van der Waals surface area contributed by atoms with Gasteiger partial charge in [0.05, 0.1) is 11.1 Å². The van der Waals surface area contributed by atoms with Crippen molar-refractivity contribution in [3.63, 3.8) is 0 Å². The summed E-state index contributed by atoms with van der Waals surface area (Å²) in [7, 11) is 0. The van der Waals surface area contributed by atoms with Gasteiger partial charge in [0.15, 0.2) is 45.0 Å². The maximum atomic E-state index is 13.2. The summed E-state index contributed by atoms with van der Waals surface area (Å²) < 4.78 is 11.9. The molecule has 0 aliphatic rings. The Hall–Kier alpha value is -5.90. The Kier molecular flexibility index (Phi) is 5.40. The predicted molar refractivity (Wildman–Crippen MR) is 145 cm³/mol. The first-order valence-electron chi connectivity index (χ1n) is 11.8. The van der Waals surface area contributed by atoms with Crippen LogP contribution in [0.3, 0.4) is 0 Å². The average molecular weight is 538 g/mol. The summed E-state index contributed by atoms with van der Waals surface area (Å²) in [6.07, 6.45) is 0. The van der Waals surface area contributed by atoms with Crippen LogP contribution >= 0.6 is 0 Å². The molecule has 0 aliphatic carbocycles. The van der Waals surface area contributed by atoms with Gasteiger partial charge < -0.3 is 39.5 Å². The highest BCUT2D eigenvalue weighted by molar-refractivity contribution is 6.11. The lowest BCUT2D eigenvalue weighted by Crippen LogP contribution is -2.04. The van der Waals surface area contributed by atoms with Crippen molar-refractivity contribution in [3.05, 3.63) is 93.2 Å². The Morgan fingerprint density at radius 2 is 0.800 bits per heavy atom. The van der Waals surface area contributed by atoms with Crippen molar-refractivity contribution in [1.82, 2.24) is 0 Å². The second-order valence-electron chi connectivity index (χ2n) is 8.93. The van der Waals surface area contributed by atoms with E-state index in [9.17, 15) is 40.2 Å². The van der Waals surface area contributed by atoms with Gasteiger partial charge in [-0.25, -0.2) is 0 Å². The summed E-state index contributed by atoms with van der Waals surface area (Å²) in [5.74, 6) is -6.39. The lowest BCUT2D eigenvalue weighted by atomic mass is 9.95. The average Bonchev–Trinajstić information content (AvgIpc) is 2.96. The van der Waals surface area contributed by atoms with E-state index in [0.29, 0.717) is 11.1 Å². The van der Waals surface area contributed by atoms with Crippen LogP contribution in [0.2, 0.25) is 0 Å². The molecule has 0 fully saturated rings. The molecule has 0 aliphatic heterocycles. The summed E-state index contributed by atoms with van der Waals surface area (Å²) in [6.45, 7) is 0. The largest absolute Gasteiger partial charge is 0.504 e. The molecule has 2 heterocycles. The second-order valence-corrected chi connectivity index (χ2v) is 8.93. The Morgan fingerprint density at radius 1 is 0.450 bits per heavy atom. The zero-order valence-corrected chi connectivity index (χ0v) is 20.2. The molecular weight excluding hydrogens is 520 g/mol. The molecule has 0 spiro atoms. The third-order valence-corrected chi connectivity index (χ3v) is 6.56. The first-order valence-corrected chi connectivity index (χ1v) is 11.8. The molecule has 40 heavy (non-hydrogen) atoms. The van der Waals surface area contributed by atoms with Gasteiger partial charge in [-0.05, 0) is 0 Å². The number of phenolic OH excluding ortho intramolecular Hbond substituents is 6. The maximum Gasteiger partial charge on any atom is 0.202 e. The third kappa shape index (κ3) is 3.51. The van der Waals surface area contributed by atoms with Gasteiger partial charge in [0.1, 0.15) is 22.3 Å². The minimum absolute atomic E-state index is 0.00191. The first kappa shape index (κ1) is 24.4. The van der Waals surface area contributed by atoms with Gasteiger partial charge in [0.25, 0.3) is 0 Å². The Labute approximate surface area is 223 Å². The summed E-state index contributed by atoms with van der Waals surface area (Å²) in [4.78, 5) is 26.3. The fraction of sp³-hybridized carbons (Fsp3) is 0. The molecule has 0 saturated carbocycles. The summed E-state index contributed by atoms with van der Waals surface area (Å²) in [5.41, 5.74) is -2.93. The van der Waals surface area contributed by atoms with Crippen LogP contribution in [0.1, 0.15) is 0 Å². The van der Waals surface area contributed by atoms with E-state index in [-0.39, 0.29) is 11.5 Å². The van der Waals surface area contributed by atoms with Gasteiger partial charge >= 0.3 is 0 Å². The highest BCUT2D eigenvalue weighted by Crippen LogP contribution is 2.56. The quantitative estimate of drug-likeness (QED) is 0.165. The number of hydrogen-bond acceptors (Lipinski definition) is 10. The van der Waals surface area contributed by atoms with E-state index in [2.05, 4.69) is 0 Å². The van der Waals surface area contributed by atoms with E-state index in [1.54, 1.807) is 60.7 Å². The lowest BCUT2D eigenvalue weighted by Gasteiger charge is -2.17. The number of aromatic hydroxyl groups is 6. The first-order chi connectivity index (χ1) is 19.2. The molecule has 0 saturated heterocycles. The van der Waals surface area contributed by atoms with E-state index in [4.69, 9.17) is 8.83 Å². The van der Waals surface area contributed by atoms with Crippen LogP contribution in [0.15, 0.2) is 91.2 Å². The number of rotatable bonds is 3. The van der Waals surface area contributed by atoms with Gasteiger partial charge in [-0.1, -0.05) is 60.7 Å². The van der Waals surface area contributed by atoms with E-state index in [1.807, 2.05) is 0 Å². The van der Waals surface area contributed by atoms with Crippen molar-refractivity contribution >= 4 is 21.9 Å². The molecule has 0 bridgehead atoms. The zero-order chi connectivity index (χ0) is 28.3. The highest BCUT2D eigenvalue weighted by Gasteiger charge is 2.32. The van der Waals surface area contributed by atoms with Crippen LogP contribution in [0.5, 0.6) is 34.5 Å². The molecule has 0 atom stereocenters. The van der Waals surface area contributed by atoms with E-state index in [1.165, 1.54) is 0 Å². The monoisotopic (exact) mass is 538 g/mol. The molecule has 0 amide bonds. The number of benzene rings is 4. The predicted octanol–water partition coefficient (Wildman–Crippen LogP) is 5.13. The van der Waals surface area contributed by atoms with Crippen molar-refractivity contribution in [2.24, 2.45) is 0 Å². The number of phenols is 6. The van der Waals surface area contributed by atoms with Crippen LogP contribution in [0.25, 0.3) is 55.7 Å². The lowest BCUT2D eigenvalue weighted by molar-refractivity contribution is 0.367. The van der Waals surface area contributed by atoms with E-state index in [0.717, 1.165) is 12.1 Å². The van der Waals surface area contributed by atoms with Crippen molar-refractivity contribution < 1.29 is 39.5 Å². The van der Waals surface area contributed by atoms with Crippen LogP contribution in [-0.2, 0) is 0 Å². The minimum Gasteiger partial charge on any atom is -0.504 e. The van der Waals surface area contributed by atoms with Crippen molar-refractivity contribution in [3.8, 4) is 68.3 Å². The van der Waals surface area contributed by atoms with Crippen LogP contribution in [0, 0.1) is 0 Å². The highest BCUT2D eigenvalue weighted by atomic mass is 16.4. The molecule has 0 unspecified atom stereocenters. The maximum absolute atomic E-state index is 13.2. The molecule has 2 aromatic heterocycles. The molecule has 0 radical (unpaired) electrons. The standard InChI is InChI=1S/C30H18O10/c31-15-11-17(13-7-3-1-4-8-13)39-29-19(15)23(33)27(37)25(35)21(29)22-26(36)28(38)24(34)20-16(32)12-18(40-30(20)22)14-9-5-2-6-10-14/h1-12,33-38H. The van der Waals surface area contributed by atoms with Gasteiger partial charge in [-0.15, -0.1) is 0 Å². The molecule has 6 rings (SSSR count). The summed E-state index contributed by atoms with van der Waals surface area (Å²) >= 11 is 0. The van der Waals surface area contributed by atoms with Crippen molar-refractivity contribution in [1.29, 1.82) is 0 Å². The zero-order valence-electron chi connectivity index (χ0n) is 20.2. The molecular formula is C30H18O10. The van der Waals surface area contributed by atoms with Crippen molar-refractivity contribution in [2.75, 3.05) is 0 Å². The number of hydrogen-bond donors (Lipinski definition) is 6. The molecule has 10 nitrogen and oxygen atoms in total.